The zero-order valence-electron chi connectivity index (χ0n) is 16.8. The quantitative estimate of drug-likeness (QED) is 0.702. The minimum Gasteiger partial charge on any atom is -0.497 e. The van der Waals surface area contributed by atoms with Gasteiger partial charge in [-0.25, -0.2) is 0 Å². The minimum absolute atomic E-state index is 0.0561. The number of methoxy groups -OCH3 is 2. The molecule has 0 aromatic heterocycles. The van der Waals surface area contributed by atoms with Crippen LogP contribution in [-0.2, 0) is 11.2 Å². The van der Waals surface area contributed by atoms with E-state index in [1.807, 2.05) is 6.92 Å². The molecule has 0 radical (unpaired) electrons. The van der Waals surface area contributed by atoms with Crippen LogP contribution in [0, 0.1) is 6.92 Å². The lowest BCUT2D eigenvalue weighted by Gasteiger charge is -2.21. The second kappa shape index (κ2) is 9.97. The third-order valence-electron chi connectivity index (χ3n) is 4.53. The van der Waals surface area contributed by atoms with Gasteiger partial charge in [-0.05, 0) is 50.5 Å². The van der Waals surface area contributed by atoms with Gasteiger partial charge >= 0.3 is 0 Å². The lowest BCUT2D eigenvalue weighted by Crippen LogP contribution is -2.38. The summed E-state index contributed by atoms with van der Waals surface area (Å²) in [5, 5.41) is 6.42. The molecule has 2 aromatic carbocycles. The zero-order chi connectivity index (χ0) is 19.8. The number of hydrogen-bond donors (Lipinski definition) is 2. The van der Waals surface area contributed by atoms with Gasteiger partial charge in [0.1, 0.15) is 11.5 Å². The molecule has 2 unspecified atom stereocenters. The molecule has 0 aliphatic carbocycles. The van der Waals surface area contributed by atoms with Gasteiger partial charge in [-0.3, -0.25) is 4.79 Å². The maximum absolute atomic E-state index is 12.4. The molecule has 0 heterocycles. The molecule has 5 heteroatoms. The topological polar surface area (TPSA) is 59.6 Å². The van der Waals surface area contributed by atoms with E-state index in [1.165, 1.54) is 11.1 Å². The van der Waals surface area contributed by atoms with Crippen LogP contribution in [0.2, 0.25) is 0 Å². The normalized spacial score (nSPS) is 12.9. The smallest absolute Gasteiger partial charge is 0.226 e. The van der Waals surface area contributed by atoms with Crippen LogP contribution in [-0.4, -0.2) is 32.2 Å². The van der Waals surface area contributed by atoms with Crippen LogP contribution < -0.4 is 20.1 Å². The van der Waals surface area contributed by atoms with Crippen molar-refractivity contribution >= 4 is 11.6 Å². The molecule has 2 N–H and O–H groups in total. The van der Waals surface area contributed by atoms with Gasteiger partial charge in [-0.15, -0.1) is 0 Å². The molecule has 146 valence electrons. The number of ether oxygens (including phenoxy) is 2. The molecule has 0 aliphatic heterocycles. The highest BCUT2D eigenvalue weighted by molar-refractivity contribution is 5.92. The Labute approximate surface area is 162 Å². The Morgan fingerprint density at radius 3 is 2.44 bits per heavy atom. The number of amides is 1. The predicted molar refractivity (Wildman–Crippen MR) is 110 cm³/mol. The fourth-order valence-corrected chi connectivity index (χ4v) is 3.16. The first-order valence-corrected chi connectivity index (χ1v) is 9.25. The van der Waals surface area contributed by atoms with Crippen LogP contribution in [0.1, 0.15) is 31.4 Å². The van der Waals surface area contributed by atoms with Crippen molar-refractivity contribution in [2.24, 2.45) is 0 Å². The van der Waals surface area contributed by atoms with Crippen molar-refractivity contribution in [3.63, 3.8) is 0 Å². The first-order valence-electron chi connectivity index (χ1n) is 9.25. The maximum Gasteiger partial charge on any atom is 0.226 e. The summed E-state index contributed by atoms with van der Waals surface area (Å²) in [7, 11) is 3.17. The monoisotopic (exact) mass is 370 g/mol. The van der Waals surface area contributed by atoms with E-state index in [0.717, 1.165) is 6.42 Å². The van der Waals surface area contributed by atoms with Gasteiger partial charge in [0.05, 0.1) is 19.9 Å². The van der Waals surface area contributed by atoms with Gasteiger partial charge in [0.15, 0.2) is 0 Å². The molecule has 0 saturated heterocycles. The first kappa shape index (κ1) is 20.8. The molecule has 0 bridgehead atoms. The largest absolute Gasteiger partial charge is 0.497 e. The molecule has 2 rings (SSSR count). The third kappa shape index (κ3) is 6.29. The summed E-state index contributed by atoms with van der Waals surface area (Å²) in [4.78, 5) is 12.4. The van der Waals surface area contributed by atoms with E-state index in [-0.39, 0.29) is 18.0 Å². The number of carbonyl (C=O) groups excluding carboxylic acids is 1. The summed E-state index contributed by atoms with van der Waals surface area (Å²) in [5.41, 5.74) is 3.24. The molecule has 2 aromatic rings. The van der Waals surface area contributed by atoms with Crippen molar-refractivity contribution in [3.05, 3.63) is 53.6 Å². The fraction of sp³-hybridized carbons (Fsp3) is 0.409. The summed E-state index contributed by atoms with van der Waals surface area (Å²) >= 11 is 0. The second-order valence-corrected chi connectivity index (χ2v) is 6.92. The number of rotatable bonds is 9. The molecular formula is C22H30N2O3. The third-order valence-corrected chi connectivity index (χ3v) is 4.53. The Kier molecular flexibility index (Phi) is 7.67. The molecule has 0 saturated carbocycles. The zero-order valence-corrected chi connectivity index (χ0v) is 16.8. The van der Waals surface area contributed by atoms with Crippen molar-refractivity contribution in [2.75, 3.05) is 19.5 Å². The number of carbonyl (C=O) groups is 1. The van der Waals surface area contributed by atoms with Crippen LogP contribution in [0.3, 0.4) is 0 Å². The van der Waals surface area contributed by atoms with Crippen molar-refractivity contribution in [1.82, 2.24) is 5.32 Å². The Morgan fingerprint density at radius 1 is 1.04 bits per heavy atom. The van der Waals surface area contributed by atoms with Crippen molar-refractivity contribution in [1.29, 1.82) is 0 Å². The minimum atomic E-state index is -0.0651. The van der Waals surface area contributed by atoms with Gasteiger partial charge < -0.3 is 20.1 Å². The van der Waals surface area contributed by atoms with E-state index >= 15 is 0 Å². The highest BCUT2D eigenvalue weighted by Crippen LogP contribution is 2.29. The SMILES string of the molecule is COc1ccc(OC)c(NC(=O)CC(C)NC(C)Cc2ccccc2C)c1. The van der Waals surface area contributed by atoms with Gasteiger partial charge in [-0.2, -0.15) is 0 Å². The van der Waals surface area contributed by atoms with Crippen molar-refractivity contribution in [3.8, 4) is 11.5 Å². The molecule has 0 aliphatic rings. The number of benzene rings is 2. The predicted octanol–water partition coefficient (Wildman–Crippen LogP) is 3.95. The van der Waals surface area contributed by atoms with Crippen LogP contribution in [0.25, 0.3) is 0 Å². The van der Waals surface area contributed by atoms with E-state index < -0.39 is 0 Å². The second-order valence-electron chi connectivity index (χ2n) is 6.92. The molecule has 5 nitrogen and oxygen atoms in total. The fourth-order valence-electron chi connectivity index (χ4n) is 3.16. The van der Waals surface area contributed by atoms with Crippen LogP contribution in [0.4, 0.5) is 5.69 Å². The standard InChI is InChI=1S/C22H30N2O3/c1-15-8-6-7-9-18(15)12-16(2)23-17(3)13-22(25)24-20-14-19(26-4)10-11-21(20)27-5/h6-11,14,16-17,23H,12-13H2,1-5H3,(H,24,25). The van der Waals surface area contributed by atoms with Crippen LogP contribution >= 0.6 is 0 Å². The number of hydrogen-bond acceptors (Lipinski definition) is 4. The molecule has 1 amide bonds. The van der Waals surface area contributed by atoms with Gasteiger partial charge in [0.2, 0.25) is 5.91 Å². The number of anilines is 1. The highest BCUT2D eigenvalue weighted by atomic mass is 16.5. The van der Waals surface area contributed by atoms with Crippen LogP contribution in [0.15, 0.2) is 42.5 Å². The van der Waals surface area contributed by atoms with Gasteiger partial charge in [0.25, 0.3) is 0 Å². The molecule has 2 atom stereocenters. The maximum atomic E-state index is 12.4. The molecular weight excluding hydrogens is 340 g/mol. The summed E-state index contributed by atoms with van der Waals surface area (Å²) in [6, 6.07) is 14.1. The Balaban J connectivity index is 1.89. The number of aryl methyl sites for hydroxylation is 1. The van der Waals surface area contributed by atoms with Crippen molar-refractivity contribution in [2.45, 2.75) is 45.7 Å². The van der Waals surface area contributed by atoms with Crippen LogP contribution in [0.5, 0.6) is 11.5 Å². The Morgan fingerprint density at radius 2 is 1.78 bits per heavy atom. The molecule has 27 heavy (non-hydrogen) atoms. The van der Waals surface area contributed by atoms with E-state index in [0.29, 0.717) is 23.6 Å². The van der Waals surface area contributed by atoms with Gasteiger partial charge in [-0.1, -0.05) is 24.3 Å². The highest BCUT2D eigenvalue weighted by Gasteiger charge is 2.15. The van der Waals surface area contributed by atoms with E-state index in [1.54, 1.807) is 32.4 Å². The Bertz CT molecular complexity index is 761. The average molecular weight is 370 g/mol. The summed E-state index contributed by atoms with van der Waals surface area (Å²) < 4.78 is 10.5. The summed E-state index contributed by atoms with van der Waals surface area (Å²) in [6.07, 6.45) is 1.31. The van der Waals surface area contributed by atoms with E-state index in [4.69, 9.17) is 9.47 Å². The summed E-state index contributed by atoms with van der Waals surface area (Å²) in [5.74, 6) is 1.21. The van der Waals surface area contributed by atoms with E-state index in [2.05, 4.69) is 48.7 Å². The van der Waals surface area contributed by atoms with Crippen molar-refractivity contribution < 1.29 is 14.3 Å². The molecule has 0 spiro atoms. The lowest BCUT2D eigenvalue weighted by atomic mass is 10.0. The van der Waals surface area contributed by atoms with Gasteiger partial charge in [0, 0.05) is 24.6 Å². The molecule has 0 fully saturated rings. The lowest BCUT2D eigenvalue weighted by molar-refractivity contribution is -0.116. The first-order chi connectivity index (χ1) is 12.9. The Hall–Kier alpha value is -2.53. The number of nitrogens with one attached hydrogen (secondary N) is 2. The van der Waals surface area contributed by atoms with E-state index in [9.17, 15) is 4.79 Å². The average Bonchev–Trinajstić information content (AvgIpc) is 2.63. The summed E-state index contributed by atoms with van der Waals surface area (Å²) in [6.45, 7) is 6.29.